The fraction of sp³-hybridized carbons (Fsp3) is 0.310. The summed E-state index contributed by atoms with van der Waals surface area (Å²) in [5, 5.41) is 10.5. The lowest BCUT2D eigenvalue weighted by Gasteiger charge is -2.12. The van der Waals surface area contributed by atoms with Crippen molar-refractivity contribution in [1.29, 1.82) is 0 Å². The van der Waals surface area contributed by atoms with Gasteiger partial charge in [0.1, 0.15) is 24.7 Å². The zero-order valence-corrected chi connectivity index (χ0v) is 23.4. The van der Waals surface area contributed by atoms with Crippen LogP contribution in [0.4, 0.5) is 0 Å². The Morgan fingerprint density at radius 1 is 0.821 bits per heavy atom. The third kappa shape index (κ3) is 7.01. The van der Waals surface area contributed by atoms with Gasteiger partial charge in [-0.2, -0.15) is 0 Å². The summed E-state index contributed by atoms with van der Waals surface area (Å²) in [6, 6.07) is 12.8. The topological polar surface area (TPSA) is 116 Å². The fourth-order valence-electron chi connectivity index (χ4n) is 3.88. The van der Waals surface area contributed by atoms with Gasteiger partial charge in [0.15, 0.2) is 23.1 Å². The number of carboxylic acids is 1. The highest BCUT2D eigenvalue weighted by Gasteiger charge is 2.18. The van der Waals surface area contributed by atoms with E-state index in [1.807, 2.05) is 36.4 Å². The third-order valence-corrected chi connectivity index (χ3v) is 8.50. The summed E-state index contributed by atoms with van der Waals surface area (Å²) in [4.78, 5) is 48.3. The number of ether oxygens (including phenoxy) is 3. The third-order valence-electron chi connectivity index (χ3n) is 6.20. The molecule has 0 saturated carbocycles. The van der Waals surface area contributed by atoms with E-state index in [1.54, 1.807) is 20.1 Å². The van der Waals surface area contributed by atoms with Crippen LogP contribution in [0.1, 0.15) is 52.5 Å². The zero-order chi connectivity index (χ0) is 28.1. The monoisotopic (exact) mass is 568 g/mol. The van der Waals surface area contributed by atoms with Crippen molar-refractivity contribution in [3.8, 4) is 17.2 Å². The van der Waals surface area contributed by atoms with Gasteiger partial charge in [0.05, 0.1) is 23.3 Å². The highest BCUT2D eigenvalue weighted by molar-refractivity contribution is 7.21. The van der Waals surface area contributed by atoms with Gasteiger partial charge < -0.3 is 19.3 Å². The second kappa shape index (κ2) is 12.4. The lowest BCUT2D eigenvalue weighted by Crippen LogP contribution is -2.11. The number of Topliss-reactive ketones (excluding diaryl/α,β-unsaturated/α-hetero) is 3. The number of ketones is 3. The molecule has 1 atom stereocenters. The number of carboxylic acid groups (broad SMARTS) is 1. The molecular formula is C29H28O8S2. The molecule has 4 aromatic rings. The van der Waals surface area contributed by atoms with E-state index in [4.69, 9.17) is 19.3 Å². The fourth-order valence-corrected chi connectivity index (χ4v) is 5.92. The van der Waals surface area contributed by atoms with Crippen molar-refractivity contribution >= 4 is 66.2 Å². The Hall–Kier alpha value is -3.76. The number of benzene rings is 2. The standard InChI is InChI=1S/C29H28O8S2/c1-16(17(2)30)10-22(32)28-14-19-12-24(23(35-3)15-26(19)39-28)37-9-8-36-20-4-6-25-18(11-20)13-27(38-25)21(31)5-7-29(33)34/h4,6,11-16H,5,7-10H2,1-3H3,(H,33,34)/t16-/m0/s1. The van der Waals surface area contributed by atoms with Crippen molar-refractivity contribution in [2.24, 2.45) is 5.92 Å². The summed E-state index contributed by atoms with van der Waals surface area (Å²) in [5.41, 5.74) is 0. The van der Waals surface area contributed by atoms with Crippen molar-refractivity contribution in [2.75, 3.05) is 20.3 Å². The summed E-state index contributed by atoms with van der Waals surface area (Å²) in [6.07, 6.45) is -0.0368. The van der Waals surface area contributed by atoms with E-state index in [0.29, 0.717) is 27.0 Å². The number of carbonyl (C=O) groups is 4. The molecule has 0 saturated heterocycles. The second-order valence-corrected chi connectivity index (χ2v) is 11.3. The molecule has 0 unspecified atom stereocenters. The Morgan fingerprint density at radius 2 is 1.49 bits per heavy atom. The van der Waals surface area contributed by atoms with E-state index in [0.717, 1.165) is 20.2 Å². The van der Waals surface area contributed by atoms with Gasteiger partial charge in [0.2, 0.25) is 0 Å². The first-order valence-electron chi connectivity index (χ1n) is 12.3. The molecule has 10 heteroatoms. The van der Waals surface area contributed by atoms with Crippen LogP contribution in [0.3, 0.4) is 0 Å². The maximum atomic E-state index is 12.6. The average molecular weight is 569 g/mol. The molecule has 0 aliphatic rings. The van der Waals surface area contributed by atoms with Gasteiger partial charge in [-0.1, -0.05) is 6.92 Å². The molecule has 1 N–H and O–H groups in total. The summed E-state index contributed by atoms with van der Waals surface area (Å²) in [5.74, 6) is 0.126. The average Bonchev–Trinajstić information content (AvgIpc) is 3.52. The maximum absolute atomic E-state index is 12.6. The molecule has 4 rings (SSSR count). The SMILES string of the molecule is COc1cc2sc(C(=O)C[C@H](C)C(C)=O)cc2cc1OCCOc1ccc2sc(C(=O)CCC(=O)O)cc2c1. The van der Waals surface area contributed by atoms with Crippen molar-refractivity contribution in [2.45, 2.75) is 33.1 Å². The number of fused-ring (bicyclic) bond motifs is 2. The number of hydrogen-bond acceptors (Lipinski definition) is 9. The summed E-state index contributed by atoms with van der Waals surface area (Å²) in [6.45, 7) is 3.76. The Balaban J connectivity index is 1.37. The molecule has 0 amide bonds. The first kappa shape index (κ1) is 28.3. The van der Waals surface area contributed by atoms with Crippen LogP contribution < -0.4 is 14.2 Å². The molecule has 0 radical (unpaired) electrons. The lowest BCUT2D eigenvalue weighted by molar-refractivity contribution is -0.137. The number of rotatable bonds is 14. The van der Waals surface area contributed by atoms with Crippen LogP contribution in [0.25, 0.3) is 20.2 Å². The van der Waals surface area contributed by atoms with Gasteiger partial charge in [0, 0.05) is 34.2 Å². The number of hydrogen-bond donors (Lipinski definition) is 1. The molecule has 0 aliphatic carbocycles. The van der Waals surface area contributed by atoms with Gasteiger partial charge >= 0.3 is 5.97 Å². The Kier molecular flexibility index (Phi) is 8.98. The largest absolute Gasteiger partial charge is 0.493 e. The quantitative estimate of drug-likeness (QED) is 0.137. The summed E-state index contributed by atoms with van der Waals surface area (Å²) < 4.78 is 19.1. The number of methoxy groups -OCH3 is 1. The van der Waals surface area contributed by atoms with Crippen LogP contribution in [-0.2, 0) is 9.59 Å². The number of thiophene rings is 2. The van der Waals surface area contributed by atoms with Gasteiger partial charge in [-0.3, -0.25) is 19.2 Å². The molecular weight excluding hydrogens is 540 g/mol. The molecule has 8 nitrogen and oxygen atoms in total. The molecule has 2 heterocycles. The van der Waals surface area contributed by atoms with E-state index in [1.165, 1.54) is 29.6 Å². The number of aliphatic carboxylic acids is 1. The molecule has 39 heavy (non-hydrogen) atoms. The van der Waals surface area contributed by atoms with Crippen molar-refractivity contribution in [3.63, 3.8) is 0 Å². The first-order chi connectivity index (χ1) is 18.6. The second-order valence-electron chi connectivity index (χ2n) is 9.11. The van der Waals surface area contributed by atoms with Crippen LogP contribution in [0, 0.1) is 5.92 Å². The van der Waals surface area contributed by atoms with Gasteiger partial charge in [0.25, 0.3) is 0 Å². The highest BCUT2D eigenvalue weighted by Crippen LogP contribution is 2.37. The van der Waals surface area contributed by atoms with Crippen LogP contribution in [0.5, 0.6) is 17.2 Å². The van der Waals surface area contributed by atoms with Gasteiger partial charge in [-0.05, 0) is 54.1 Å². The van der Waals surface area contributed by atoms with Crippen molar-refractivity contribution < 1.29 is 38.5 Å². The molecule has 2 aromatic heterocycles. The van der Waals surface area contributed by atoms with Crippen LogP contribution in [0.2, 0.25) is 0 Å². The van der Waals surface area contributed by atoms with Gasteiger partial charge in [-0.25, -0.2) is 0 Å². The minimum atomic E-state index is -0.995. The molecule has 2 aromatic carbocycles. The van der Waals surface area contributed by atoms with Crippen LogP contribution in [0.15, 0.2) is 42.5 Å². The summed E-state index contributed by atoms with van der Waals surface area (Å²) in [7, 11) is 1.55. The smallest absolute Gasteiger partial charge is 0.303 e. The zero-order valence-electron chi connectivity index (χ0n) is 21.8. The predicted octanol–water partition coefficient (Wildman–Crippen LogP) is 6.43. The molecule has 204 valence electrons. The Morgan fingerprint density at radius 3 is 2.18 bits per heavy atom. The Labute approximate surface area is 233 Å². The maximum Gasteiger partial charge on any atom is 0.303 e. The Bertz CT molecular complexity index is 1550. The summed E-state index contributed by atoms with van der Waals surface area (Å²) >= 11 is 2.70. The highest BCUT2D eigenvalue weighted by atomic mass is 32.1. The minimum Gasteiger partial charge on any atom is -0.493 e. The lowest BCUT2D eigenvalue weighted by atomic mass is 10.0. The van der Waals surface area contributed by atoms with E-state index in [2.05, 4.69) is 0 Å². The predicted molar refractivity (Wildman–Crippen MR) is 151 cm³/mol. The number of carbonyl (C=O) groups excluding carboxylic acids is 3. The molecule has 0 aliphatic heterocycles. The van der Waals surface area contributed by atoms with Crippen molar-refractivity contribution in [3.05, 3.63) is 52.2 Å². The van der Waals surface area contributed by atoms with E-state index < -0.39 is 5.97 Å². The van der Waals surface area contributed by atoms with Gasteiger partial charge in [-0.15, -0.1) is 22.7 Å². The molecule has 0 fully saturated rings. The minimum absolute atomic E-state index is 0.00730. The van der Waals surface area contributed by atoms with Crippen LogP contribution in [-0.4, -0.2) is 48.7 Å². The first-order valence-corrected chi connectivity index (χ1v) is 14.0. The van der Waals surface area contributed by atoms with E-state index >= 15 is 0 Å². The molecule has 0 bridgehead atoms. The van der Waals surface area contributed by atoms with E-state index in [-0.39, 0.29) is 55.7 Å². The van der Waals surface area contributed by atoms with E-state index in [9.17, 15) is 19.2 Å². The molecule has 0 spiro atoms. The van der Waals surface area contributed by atoms with Crippen LogP contribution >= 0.6 is 22.7 Å². The van der Waals surface area contributed by atoms with Crippen molar-refractivity contribution in [1.82, 2.24) is 0 Å². The normalized spacial score (nSPS) is 11.9.